The molecule has 8 heteroatoms. The summed E-state index contributed by atoms with van der Waals surface area (Å²) in [7, 11) is -3.54. The van der Waals surface area contributed by atoms with E-state index in [1.54, 1.807) is 11.8 Å². The van der Waals surface area contributed by atoms with Gasteiger partial charge in [-0.05, 0) is 48.6 Å². The molecule has 0 spiro atoms. The van der Waals surface area contributed by atoms with Crippen molar-refractivity contribution in [3.8, 4) is 5.75 Å². The molecule has 6 nitrogen and oxygen atoms in total. The molecule has 0 aromatic heterocycles. The first kappa shape index (κ1) is 21.3. The molecule has 0 unspecified atom stereocenters. The van der Waals surface area contributed by atoms with E-state index in [0.29, 0.717) is 12.3 Å². The van der Waals surface area contributed by atoms with Gasteiger partial charge in [0.1, 0.15) is 5.75 Å². The number of hydrogen-bond acceptors (Lipinski definition) is 5. The average Bonchev–Trinajstić information content (AvgIpc) is 2.65. The standard InChI is InChI=1S/C19H24N2O4S2/c1-14(2)12-20-27(23,24)16-10-8-15(9-11-16)25-13-19(22)21-17-6-4-5-7-18(17)26-3/h4-11,14,20H,12-13H2,1-3H3,(H,21,22). The van der Waals surface area contributed by atoms with E-state index in [4.69, 9.17) is 4.74 Å². The van der Waals surface area contributed by atoms with Crippen molar-refractivity contribution in [3.05, 3.63) is 48.5 Å². The van der Waals surface area contributed by atoms with Crippen LogP contribution in [0.15, 0.2) is 58.3 Å². The molecule has 146 valence electrons. The summed E-state index contributed by atoms with van der Waals surface area (Å²) in [6.45, 7) is 4.07. The molecule has 2 N–H and O–H groups in total. The first-order valence-electron chi connectivity index (χ1n) is 8.47. The van der Waals surface area contributed by atoms with Crippen molar-refractivity contribution in [2.24, 2.45) is 5.92 Å². The van der Waals surface area contributed by atoms with Crippen LogP contribution < -0.4 is 14.8 Å². The maximum Gasteiger partial charge on any atom is 0.262 e. The fraction of sp³-hybridized carbons (Fsp3) is 0.316. The van der Waals surface area contributed by atoms with Crippen LogP contribution in [0.3, 0.4) is 0 Å². The number of carbonyl (C=O) groups is 1. The summed E-state index contributed by atoms with van der Waals surface area (Å²) in [5.74, 6) is 0.357. The summed E-state index contributed by atoms with van der Waals surface area (Å²) in [5, 5.41) is 2.80. The Labute approximate surface area is 164 Å². The number of nitrogens with one attached hydrogen (secondary N) is 2. The predicted octanol–water partition coefficient (Wildman–Crippen LogP) is 3.36. The van der Waals surface area contributed by atoms with Gasteiger partial charge in [0.2, 0.25) is 10.0 Å². The van der Waals surface area contributed by atoms with Gasteiger partial charge in [0.25, 0.3) is 5.91 Å². The van der Waals surface area contributed by atoms with E-state index in [0.717, 1.165) is 10.6 Å². The number of rotatable bonds is 9. The number of hydrogen-bond donors (Lipinski definition) is 2. The van der Waals surface area contributed by atoms with Crippen LogP contribution in [0.2, 0.25) is 0 Å². The number of ether oxygens (including phenoxy) is 1. The molecule has 0 saturated heterocycles. The second-order valence-corrected chi connectivity index (χ2v) is 8.87. The van der Waals surface area contributed by atoms with E-state index in [1.807, 2.05) is 44.4 Å². The highest BCUT2D eigenvalue weighted by molar-refractivity contribution is 7.98. The molecule has 0 aliphatic rings. The zero-order valence-corrected chi connectivity index (χ0v) is 17.2. The zero-order valence-electron chi connectivity index (χ0n) is 15.6. The molecule has 2 aromatic carbocycles. The van der Waals surface area contributed by atoms with Gasteiger partial charge in [0.15, 0.2) is 6.61 Å². The summed E-state index contributed by atoms with van der Waals surface area (Å²) in [5.41, 5.74) is 0.733. The van der Waals surface area contributed by atoms with Gasteiger partial charge in [-0.1, -0.05) is 26.0 Å². The van der Waals surface area contributed by atoms with E-state index in [-0.39, 0.29) is 23.3 Å². The molecule has 0 radical (unpaired) electrons. The third kappa shape index (κ3) is 6.57. The van der Waals surface area contributed by atoms with E-state index in [2.05, 4.69) is 10.0 Å². The Morgan fingerprint density at radius 3 is 2.41 bits per heavy atom. The maximum absolute atomic E-state index is 12.2. The minimum Gasteiger partial charge on any atom is -0.484 e. The highest BCUT2D eigenvalue weighted by atomic mass is 32.2. The minimum atomic E-state index is -3.54. The first-order valence-corrected chi connectivity index (χ1v) is 11.2. The molecule has 0 aliphatic heterocycles. The second-order valence-electron chi connectivity index (χ2n) is 6.25. The van der Waals surface area contributed by atoms with Crippen molar-refractivity contribution in [3.63, 3.8) is 0 Å². The van der Waals surface area contributed by atoms with Crippen LogP contribution in [0, 0.1) is 5.92 Å². The van der Waals surface area contributed by atoms with Crippen molar-refractivity contribution in [1.29, 1.82) is 0 Å². The topological polar surface area (TPSA) is 84.5 Å². The van der Waals surface area contributed by atoms with E-state index in [1.165, 1.54) is 24.3 Å². The number of anilines is 1. The van der Waals surface area contributed by atoms with Crippen molar-refractivity contribution in [2.45, 2.75) is 23.6 Å². The van der Waals surface area contributed by atoms with Gasteiger partial charge in [0, 0.05) is 11.4 Å². The smallest absolute Gasteiger partial charge is 0.262 e. The molecule has 0 bridgehead atoms. The zero-order chi connectivity index (χ0) is 19.9. The van der Waals surface area contributed by atoms with Gasteiger partial charge in [-0.3, -0.25) is 4.79 Å². The van der Waals surface area contributed by atoms with Gasteiger partial charge in [0.05, 0.1) is 10.6 Å². The Bertz CT molecular complexity index is 866. The molecule has 27 heavy (non-hydrogen) atoms. The van der Waals surface area contributed by atoms with Crippen LogP contribution in [-0.2, 0) is 14.8 Å². The molecule has 0 aliphatic carbocycles. The van der Waals surface area contributed by atoms with Crippen LogP contribution in [0.4, 0.5) is 5.69 Å². The number of carbonyl (C=O) groups excluding carboxylic acids is 1. The summed E-state index contributed by atoms with van der Waals surface area (Å²) >= 11 is 1.54. The number of benzene rings is 2. The third-order valence-corrected chi connectivity index (χ3v) is 5.80. The number of sulfonamides is 1. The lowest BCUT2D eigenvalue weighted by Gasteiger charge is -2.11. The van der Waals surface area contributed by atoms with Gasteiger partial charge < -0.3 is 10.1 Å². The highest BCUT2D eigenvalue weighted by Gasteiger charge is 2.14. The quantitative estimate of drug-likeness (QED) is 0.622. The van der Waals surface area contributed by atoms with Gasteiger partial charge >= 0.3 is 0 Å². The lowest BCUT2D eigenvalue weighted by Crippen LogP contribution is -2.27. The molecule has 0 fully saturated rings. The van der Waals surface area contributed by atoms with Gasteiger partial charge in [-0.25, -0.2) is 13.1 Å². The van der Waals surface area contributed by atoms with Crippen molar-refractivity contribution < 1.29 is 17.9 Å². The van der Waals surface area contributed by atoms with E-state index in [9.17, 15) is 13.2 Å². The SMILES string of the molecule is CSc1ccccc1NC(=O)COc1ccc(S(=O)(=O)NCC(C)C)cc1. The summed E-state index contributed by atoms with van der Waals surface area (Å²) < 4.78 is 32.3. The van der Waals surface area contributed by atoms with E-state index >= 15 is 0 Å². The Morgan fingerprint density at radius 1 is 1.11 bits per heavy atom. The second kappa shape index (κ2) is 9.77. The highest BCUT2D eigenvalue weighted by Crippen LogP contribution is 2.24. The Hall–Kier alpha value is -2.03. The normalized spacial score (nSPS) is 11.4. The molecule has 0 atom stereocenters. The van der Waals surface area contributed by atoms with Crippen molar-refractivity contribution in [2.75, 3.05) is 24.7 Å². The first-order chi connectivity index (χ1) is 12.8. The van der Waals surface area contributed by atoms with Gasteiger partial charge in [-0.15, -0.1) is 11.8 Å². The Balaban J connectivity index is 1.92. The monoisotopic (exact) mass is 408 g/mol. The lowest BCUT2D eigenvalue weighted by atomic mass is 10.2. The number of thioether (sulfide) groups is 1. The van der Waals surface area contributed by atoms with E-state index < -0.39 is 10.0 Å². The molecule has 0 heterocycles. The summed E-state index contributed by atoms with van der Waals surface area (Å²) in [6.07, 6.45) is 1.94. The number of amides is 1. The predicted molar refractivity (Wildman–Crippen MR) is 109 cm³/mol. The molecule has 0 saturated carbocycles. The average molecular weight is 409 g/mol. The Kier molecular flexibility index (Phi) is 7.70. The largest absolute Gasteiger partial charge is 0.484 e. The summed E-state index contributed by atoms with van der Waals surface area (Å²) in [6, 6.07) is 13.5. The van der Waals surface area contributed by atoms with Crippen LogP contribution in [-0.4, -0.2) is 33.7 Å². The van der Waals surface area contributed by atoms with Crippen molar-refractivity contribution >= 4 is 33.4 Å². The third-order valence-electron chi connectivity index (χ3n) is 3.57. The lowest BCUT2D eigenvalue weighted by molar-refractivity contribution is -0.118. The van der Waals surface area contributed by atoms with Crippen LogP contribution in [0.1, 0.15) is 13.8 Å². The summed E-state index contributed by atoms with van der Waals surface area (Å²) in [4.78, 5) is 13.2. The number of para-hydroxylation sites is 1. The van der Waals surface area contributed by atoms with Crippen LogP contribution in [0.5, 0.6) is 5.75 Å². The minimum absolute atomic E-state index is 0.161. The van der Waals surface area contributed by atoms with Crippen LogP contribution >= 0.6 is 11.8 Å². The fourth-order valence-electron chi connectivity index (χ4n) is 2.16. The molecule has 2 aromatic rings. The van der Waals surface area contributed by atoms with Gasteiger partial charge in [-0.2, -0.15) is 0 Å². The molecular formula is C19H24N2O4S2. The fourth-order valence-corrected chi connectivity index (χ4v) is 3.93. The molecule has 1 amide bonds. The Morgan fingerprint density at radius 2 is 1.78 bits per heavy atom. The van der Waals surface area contributed by atoms with Crippen LogP contribution in [0.25, 0.3) is 0 Å². The molecular weight excluding hydrogens is 384 g/mol. The maximum atomic E-state index is 12.2. The molecule has 2 rings (SSSR count). The van der Waals surface area contributed by atoms with Crippen molar-refractivity contribution in [1.82, 2.24) is 4.72 Å².